The number of thiophene rings is 1. The summed E-state index contributed by atoms with van der Waals surface area (Å²) in [7, 11) is 0. The van der Waals surface area contributed by atoms with Crippen LogP contribution in [0.2, 0.25) is 0 Å². The van der Waals surface area contributed by atoms with Crippen molar-refractivity contribution >= 4 is 43.2 Å². The molecule has 130 valence electrons. The highest BCUT2D eigenvalue weighted by Gasteiger charge is 2.29. The molecule has 2 aliphatic heterocycles. The van der Waals surface area contributed by atoms with Crippen LogP contribution in [0.1, 0.15) is 35.0 Å². The number of thiazole rings is 1. The lowest BCUT2D eigenvalue weighted by atomic mass is 10.3. The van der Waals surface area contributed by atoms with Crippen LogP contribution < -0.4 is 4.90 Å². The molecular formula is C17H19N5OS2. The first kappa shape index (κ1) is 15.3. The van der Waals surface area contributed by atoms with Gasteiger partial charge in [-0.3, -0.25) is 9.48 Å². The molecule has 2 fully saturated rings. The fourth-order valence-corrected chi connectivity index (χ4v) is 5.90. The molecule has 0 bridgehead atoms. The van der Waals surface area contributed by atoms with Crippen molar-refractivity contribution in [3.63, 3.8) is 0 Å². The second-order valence-electron chi connectivity index (χ2n) is 6.65. The third kappa shape index (κ3) is 2.73. The third-order valence-electron chi connectivity index (χ3n) is 5.01. The lowest BCUT2D eigenvalue weighted by molar-refractivity contribution is 0.0792. The van der Waals surface area contributed by atoms with Gasteiger partial charge in [-0.1, -0.05) is 11.3 Å². The maximum atomic E-state index is 12.8. The number of anilines is 1. The van der Waals surface area contributed by atoms with Crippen molar-refractivity contribution in [3.8, 4) is 0 Å². The molecule has 5 rings (SSSR count). The van der Waals surface area contributed by atoms with E-state index in [-0.39, 0.29) is 5.91 Å². The minimum Gasteiger partial charge on any atom is -0.348 e. The summed E-state index contributed by atoms with van der Waals surface area (Å²) < 4.78 is 3.10. The molecule has 0 aliphatic carbocycles. The van der Waals surface area contributed by atoms with Gasteiger partial charge in [0.1, 0.15) is 4.83 Å². The van der Waals surface area contributed by atoms with Gasteiger partial charge in [0.2, 0.25) is 0 Å². The molecule has 3 aromatic rings. The summed E-state index contributed by atoms with van der Waals surface area (Å²) in [4.78, 5) is 23.7. The van der Waals surface area contributed by atoms with Gasteiger partial charge >= 0.3 is 0 Å². The van der Waals surface area contributed by atoms with Crippen LogP contribution in [-0.4, -0.2) is 51.8 Å². The Hall–Kier alpha value is -1.93. The summed E-state index contributed by atoms with van der Waals surface area (Å²) in [6.07, 6.45) is 7.24. The molecule has 5 heterocycles. The predicted molar refractivity (Wildman–Crippen MR) is 101 cm³/mol. The smallest absolute Gasteiger partial charge is 0.264 e. The Morgan fingerprint density at radius 3 is 2.84 bits per heavy atom. The Labute approximate surface area is 153 Å². The first-order chi connectivity index (χ1) is 12.3. The molecule has 2 saturated heterocycles. The van der Waals surface area contributed by atoms with Crippen LogP contribution in [0.5, 0.6) is 0 Å². The highest BCUT2D eigenvalue weighted by Crippen LogP contribution is 2.36. The highest BCUT2D eigenvalue weighted by atomic mass is 32.1. The molecule has 1 amide bonds. The maximum absolute atomic E-state index is 12.8. The van der Waals surface area contributed by atoms with Crippen molar-refractivity contribution in [1.29, 1.82) is 0 Å². The minimum atomic E-state index is 0.132. The molecule has 6 nitrogen and oxygen atoms in total. The van der Waals surface area contributed by atoms with E-state index in [1.165, 1.54) is 24.2 Å². The molecule has 0 aromatic carbocycles. The number of hydrogen-bond acceptors (Lipinski definition) is 6. The standard InChI is InChI=1S/C17H19N5OS2/c23-16(21-9-4-12(11-21)22-8-3-5-18-22)14-10-13-15(24-14)19-17(25-13)20-6-1-2-7-20/h3,5,8,10,12H,1-2,4,6-7,9,11H2. The average Bonchev–Trinajstić information content (AvgIpc) is 3.43. The van der Waals surface area contributed by atoms with E-state index in [2.05, 4.69) is 10.00 Å². The van der Waals surface area contributed by atoms with Gasteiger partial charge in [0.15, 0.2) is 5.13 Å². The second-order valence-corrected chi connectivity index (χ2v) is 8.69. The van der Waals surface area contributed by atoms with Crippen LogP contribution in [-0.2, 0) is 0 Å². The van der Waals surface area contributed by atoms with Crippen molar-refractivity contribution < 1.29 is 4.79 Å². The molecule has 25 heavy (non-hydrogen) atoms. The van der Waals surface area contributed by atoms with Crippen LogP contribution >= 0.6 is 22.7 Å². The second kappa shape index (κ2) is 6.10. The van der Waals surface area contributed by atoms with Crippen LogP contribution in [0.15, 0.2) is 24.5 Å². The van der Waals surface area contributed by atoms with E-state index in [4.69, 9.17) is 4.98 Å². The van der Waals surface area contributed by atoms with E-state index in [0.717, 1.165) is 52.1 Å². The molecule has 1 unspecified atom stereocenters. The van der Waals surface area contributed by atoms with Crippen molar-refractivity contribution in [3.05, 3.63) is 29.4 Å². The van der Waals surface area contributed by atoms with E-state index in [1.807, 2.05) is 27.9 Å². The van der Waals surface area contributed by atoms with Gasteiger partial charge in [-0.15, -0.1) is 11.3 Å². The summed E-state index contributed by atoms with van der Waals surface area (Å²) in [5, 5.41) is 5.42. The van der Waals surface area contributed by atoms with Gasteiger partial charge in [-0.25, -0.2) is 4.98 Å². The van der Waals surface area contributed by atoms with Gasteiger partial charge in [0.25, 0.3) is 5.91 Å². The molecule has 0 saturated carbocycles. The number of fused-ring (bicyclic) bond motifs is 1. The first-order valence-electron chi connectivity index (χ1n) is 8.72. The summed E-state index contributed by atoms with van der Waals surface area (Å²) in [5.41, 5.74) is 0. The quantitative estimate of drug-likeness (QED) is 0.707. The molecule has 1 atom stereocenters. The number of rotatable bonds is 3. The zero-order chi connectivity index (χ0) is 16.8. The van der Waals surface area contributed by atoms with E-state index in [0.29, 0.717) is 6.04 Å². The average molecular weight is 374 g/mol. The van der Waals surface area contributed by atoms with E-state index in [9.17, 15) is 4.79 Å². The van der Waals surface area contributed by atoms with Gasteiger partial charge in [-0.2, -0.15) is 5.10 Å². The third-order valence-corrected chi connectivity index (χ3v) is 7.22. The normalized spacial score (nSPS) is 20.9. The predicted octanol–water partition coefficient (Wildman–Crippen LogP) is 3.24. The number of carbonyl (C=O) groups excluding carboxylic acids is 1. The Morgan fingerprint density at radius 2 is 2.08 bits per heavy atom. The van der Waals surface area contributed by atoms with Gasteiger partial charge < -0.3 is 9.80 Å². The molecular weight excluding hydrogens is 354 g/mol. The number of nitrogens with zero attached hydrogens (tertiary/aromatic N) is 5. The zero-order valence-corrected chi connectivity index (χ0v) is 15.4. The molecule has 0 radical (unpaired) electrons. The number of amides is 1. The Bertz CT molecular complexity index is 862. The number of likely N-dealkylation sites (tertiary alicyclic amines) is 1. The first-order valence-corrected chi connectivity index (χ1v) is 10.3. The van der Waals surface area contributed by atoms with E-state index < -0.39 is 0 Å². The van der Waals surface area contributed by atoms with Crippen molar-refractivity contribution in [2.75, 3.05) is 31.1 Å². The van der Waals surface area contributed by atoms with E-state index >= 15 is 0 Å². The molecule has 8 heteroatoms. The lowest BCUT2D eigenvalue weighted by Gasteiger charge is -2.15. The zero-order valence-electron chi connectivity index (χ0n) is 13.8. The maximum Gasteiger partial charge on any atom is 0.264 e. The van der Waals surface area contributed by atoms with Crippen molar-refractivity contribution in [2.24, 2.45) is 0 Å². The van der Waals surface area contributed by atoms with Crippen LogP contribution in [0.3, 0.4) is 0 Å². The largest absolute Gasteiger partial charge is 0.348 e. The molecule has 2 aliphatic rings. The van der Waals surface area contributed by atoms with Crippen molar-refractivity contribution in [1.82, 2.24) is 19.7 Å². The fourth-order valence-electron chi connectivity index (χ4n) is 3.67. The van der Waals surface area contributed by atoms with E-state index in [1.54, 1.807) is 17.5 Å². The summed E-state index contributed by atoms with van der Waals surface area (Å²) >= 11 is 3.24. The summed E-state index contributed by atoms with van der Waals surface area (Å²) in [5.74, 6) is 0.132. The lowest BCUT2D eigenvalue weighted by Crippen LogP contribution is -2.28. The van der Waals surface area contributed by atoms with Gasteiger partial charge in [0.05, 0.1) is 15.6 Å². The van der Waals surface area contributed by atoms with Crippen LogP contribution in [0.25, 0.3) is 9.53 Å². The van der Waals surface area contributed by atoms with Gasteiger partial charge in [0, 0.05) is 38.6 Å². The summed E-state index contributed by atoms with van der Waals surface area (Å²) in [6.45, 7) is 3.74. The fraction of sp³-hybridized carbons (Fsp3) is 0.471. The molecule has 0 N–H and O–H groups in total. The van der Waals surface area contributed by atoms with Crippen LogP contribution in [0, 0.1) is 0 Å². The topological polar surface area (TPSA) is 54.3 Å². The number of carbonyl (C=O) groups is 1. The number of aromatic nitrogens is 3. The van der Waals surface area contributed by atoms with Crippen molar-refractivity contribution in [2.45, 2.75) is 25.3 Å². The Balaban J connectivity index is 1.32. The SMILES string of the molecule is O=C(c1cc2sc(N3CCCC3)nc2s1)N1CCC(n2cccn2)C1. The van der Waals surface area contributed by atoms with Crippen LogP contribution in [0.4, 0.5) is 5.13 Å². The summed E-state index contributed by atoms with van der Waals surface area (Å²) in [6, 6.07) is 4.25. The molecule has 3 aromatic heterocycles. The Morgan fingerprint density at radius 1 is 1.20 bits per heavy atom. The highest BCUT2D eigenvalue weighted by molar-refractivity contribution is 7.29. The molecule has 0 spiro atoms. The minimum absolute atomic E-state index is 0.132. The Kier molecular flexibility index (Phi) is 3.74. The number of hydrogen-bond donors (Lipinski definition) is 0. The monoisotopic (exact) mass is 373 g/mol. The van der Waals surface area contributed by atoms with Gasteiger partial charge in [-0.05, 0) is 31.4 Å².